The summed E-state index contributed by atoms with van der Waals surface area (Å²) in [5, 5.41) is 3.35. The van der Waals surface area contributed by atoms with Crippen molar-refractivity contribution in [3.8, 4) is 0 Å². The number of nitrogens with zero attached hydrogens (tertiary/aromatic N) is 2. The van der Waals surface area contributed by atoms with Gasteiger partial charge in [-0.15, -0.1) is 0 Å². The van der Waals surface area contributed by atoms with Crippen LogP contribution in [0, 0.1) is 18.8 Å². The summed E-state index contributed by atoms with van der Waals surface area (Å²) in [6.07, 6.45) is 4.94. The van der Waals surface area contributed by atoms with Crippen LogP contribution >= 0.6 is 0 Å². The van der Waals surface area contributed by atoms with Crippen LogP contribution in [0.1, 0.15) is 61.6 Å². The van der Waals surface area contributed by atoms with Gasteiger partial charge in [0.05, 0.1) is 18.3 Å². The molecule has 4 atom stereocenters. The Morgan fingerprint density at radius 1 is 1.18 bits per heavy atom. The first-order valence-corrected chi connectivity index (χ1v) is 12.0. The van der Waals surface area contributed by atoms with E-state index in [1.165, 1.54) is 12.0 Å². The fourth-order valence-corrected chi connectivity index (χ4v) is 5.51. The number of amides is 2. The Bertz CT molecular complexity index is 1190. The maximum absolute atomic E-state index is 13.9. The summed E-state index contributed by atoms with van der Waals surface area (Å²) in [7, 11) is 0. The minimum Gasteiger partial charge on any atom is -0.463 e. The Balaban J connectivity index is 1.52. The van der Waals surface area contributed by atoms with Crippen LogP contribution in [0.5, 0.6) is 0 Å². The van der Waals surface area contributed by atoms with E-state index in [-0.39, 0.29) is 17.9 Å². The molecule has 1 N–H and O–H groups in total. The molecule has 33 heavy (non-hydrogen) atoms. The molecule has 3 aromatic rings. The van der Waals surface area contributed by atoms with E-state index in [1.54, 1.807) is 17.2 Å². The molecular formula is C27H33N3O3. The molecule has 1 saturated carbocycles. The molecule has 1 aromatic carbocycles. The summed E-state index contributed by atoms with van der Waals surface area (Å²) in [5.41, 5.74) is 3.26. The molecule has 2 aliphatic rings. The average molecular weight is 448 g/mol. The van der Waals surface area contributed by atoms with Gasteiger partial charge < -0.3 is 19.2 Å². The highest BCUT2D eigenvalue weighted by Gasteiger charge is 2.48. The SMILES string of the molecule is Cc1ccc(CN2C(=O)c3cc4occc4n3C[C@]2(C)C(=O)N[C@@H]2CCC[C@@H](C)[C@H]2C)cc1. The van der Waals surface area contributed by atoms with Crippen molar-refractivity contribution in [1.82, 2.24) is 14.8 Å². The summed E-state index contributed by atoms with van der Waals surface area (Å²) in [4.78, 5) is 29.4. The number of nitrogens with one attached hydrogen (secondary N) is 1. The van der Waals surface area contributed by atoms with Gasteiger partial charge in [0.2, 0.25) is 5.91 Å². The number of benzene rings is 1. The van der Waals surface area contributed by atoms with E-state index in [9.17, 15) is 9.59 Å². The minimum absolute atomic E-state index is 0.0788. The van der Waals surface area contributed by atoms with Gasteiger partial charge in [0.15, 0.2) is 5.58 Å². The molecule has 2 aromatic heterocycles. The summed E-state index contributed by atoms with van der Waals surface area (Å²) in [5.74, 6) is 0.773. The van der Waals surface area contributed by atoms with Crippen molar-refractivity contribution in [3.63, 3.8) is 0 Å². The maximum Gasteiger partial charge on any atom is 0.271 e. The fourth-order valence-electron chi connectivity index (χ4n) is 5.51. The number of carbonyl (C=O) groups excluding carboxylic acids is 2. The van der Waals surface area contributed by atoms with Gasteiger partial charge in [0.25, 0.3) is 5.91 Å². The topological polar surface area (TPSA) is 67.5 Å². The minimum atomic E-state index is -1.02. The molecule has 6 nitrogen and oxygen atoms in total. The lowest BCUT2D eigenvalue weighted by Gasteiger charge is -2.45. The van der Waals surface area contributed by atoms with Gasteiger partial charge in [-0.25, -0.2) is 0 Å². The van der Waals surface area contributed by atoms with Crippen LogP contribution < -0.4 is 5.32 Å². The van der Waals surface area contributed by atoms with Crippen LogP contribution in [0.2, 0.25) is 0 Å². The van der Waals surface area contributed by atoms with E-state index in [4.69, 9.17) is 4.42 Å². The van der Waals surface area contributed by atoms with E-state index in [0.717, 1.165) is 23.9 Å². The first kappa shape index (κ1) is 21.8. The molecule has 174 valence electrons. The van der Waals surface area contributed by atoms with E-state index < -0.39 is 5.54 Å². The van der Waals surface area contributed by atoms with Crippen LogP contribution in [0.25, 0.3) is 11.1 Å². The van der Waals surface area contributed by atoms with Gasteiger partial charge in [-0.1, -0.05) is 56.5 Å². The second-order valence-corrected chi connectivity index (χ2v) is 10.3. The first-order chi connectivity index (χ1) is 15.8. The molecule has 2 amide bonds. The number of furan rings is 1. The Hall–Kier alpha value is -3.02. The third-order valence-electron chi connectivity index (χ3n) is 8.02. The molecule has 1 aliphatic heterocycles. The third kappa shape index (κ3) is 3.65. The normalized spacial score (nSPS) is 27.6. The van der Waals surface area contributed by atoms with Crippen LogP contribution in [0.3, 0.4) is 0 Å². The first-order valence-electron chi connectivity index (χ1n) is 12.0. The molecule has 3 heterocycles. The summed E-state index contributed by atoms with van der Waals surface area (Å²) in [6.45, 7) is 9.21. The lowest BCUT2D eigenvalue weighted by Crippen LogP contribution is -2.65. The lowest BCUT2D eigenvalue weighted by molar-refractivity contribution is -0.134. The van der Waals surface area contributed by atoms with Crippen molar-refractivity contribution in [2.45, 2.75) is 71.6 Å². The number of rotatable bonds is 4. The van der Waals surface area contributed by atoms with Gasteiger partial charge >= 0.3 is 0 Å². The number of carbonyl (C=O) groups is 2. The van der Waals surface area contributed by atoms with Crippen molar-refractivity contribution >= 4 is 22.9 Å². The number of hydrogen-bond donors (Lipinski definition) is 1. The largest absolute Gasteiger partial charge is 0.463 e. The van der Waals surface area contributed by atoms with Crippen molar-refractivity contribution in [3.05, 3.63) is 59.5 Å². The predicted octanol–water partition coefficient (Wildman–Crippen LogP) is 4.90. The number of aromatic nitrogens is 1. The Morgan fingerprint density at radius 3 is 2.70 bits per heavy atom. The summed E-state index contributed by atoms with van der Waals surface area (Å²) in [6, 6.07) is 11.9. The zero-order chi connectivity index (χ0) is 23.3. The van der Waals surface area contributed by atoms with E-state index in [1.807, 2.05) is 48.7 Å². The standard InChI is InChI=1S/C27H33N3O3/c1-17-8-10-20(11-9-17)15-30-25(31)23-14-24-22(12-13-33-24)29(23)16-27(30,4)26(32)28-21-7-5-6-18(2)19(21)3/h8-14,18-19,21H,5-7,15-16H2,1-4H3,(H,28,32)/t18-,19-,21-,27-/m1/s1. The van der Waals surface area contributed by atoms with Gasteiger partial charge in [-0.3, -0.25) is 9.59 Å². The zero-order valence-corrected chi connectivity index (χ0v) is 19.9. The number of fused-ring (bicyclic) bond motifs is 3. The van der Waals surface area contributed by atoms with E-state index >= 15 is 0 Å². The molecular weight excluding hydrogens is 414 g/mol. The highest BCUT2D eigenvalue weighted by Crippen LogP contribution is 2.35. The van der Waals surface area contributed by atoms with E-state index in [0.29, 0.717) is 36.2 Å². The summed E-state index contributed by atoms with van der Waals surface area (Å²) >= 11 is 0. The van der Waals surface area contributed by atoms with Gasteiger partial charge in [0.1, 0.15) is 11.2 Å². The quantitative estimate of drug-likeness (QED) is 0.619. The van der Waals surface area contributed by atoms with Crippen LogP contribution in [-0.2, 0) is 17.9 Å². The smallest absolute Gasteiger partial charge is 0.271 e. The van der Waals surface area contributed by atoms with Crippen molar-refractivity contribution < 1.29 is 14.0 Å². The summed E-state index contributed by atoms with van der Waals surface area (Å²) < 4.78 is 7.51. The maximum atomic E-state index is 13.9. The highest BCUT2D eigenvalue weighted by atomic mass is 16.3. The van der Waals surface area contributed by atoms with Crippen LogP contribution in [0.4, 0.5) is 0 Å². The Morgan fingerprint density at radius 2 is 1.94 bits per heavy atom. The molecule has 0 radical (unpaired) electrons. The van der Waals surface area contributed by atoms with Gasteiger partial charge in [-0.2, -0.15) is 0 Å². The van der Waals surface area contributed by atoms with Crippen LogP contribution in [-0.4, -0.2) is 32.9 Å². The number of aryl methyl sites for hydroxylation is 1. The highest BCUT2D eigenvalue weighted by molar-refractivity contribution is 6.02. The van der Waals surface area contributed by atoms with Gasteiger partial charge in [0, 0.05) is 24.7 Å². The molecule has 0 bridgehead atoms. The predicted molar refractivity (Wildman–Crippen MR) is 128 cm³/mol. The average Bonchev–Trinajstić information content (AvgIpc) is 3.38. The monoisotopic (exact) mass is 447 g/mol. The zero-order valence-electron chi connectivity index (χ0n) is 19.9. The lowest BCUT2D eigenvalue weighted by atomic mass is 9.77. The Kier molecular flexibility index (Phi) is 5.34. The molecule has 6 heteroatoms. The van der Waals surface area contributed by atoms with Crippen molar-refractivity contribution in [2.75, 3.05) is 0 Å². The van der Waals surface area contributed by atoms with Crippen molar-refractivity contribution in [1.29, 1.82) is 0 Å². The third-order valence-corrected chi connectivity index (χ3v) is 8.02. The molecule has 1 fully saturated rings. The molecule has 0 saturated heterocycles. The van der Waals surface area contributed by atoms with E-state index in [2.05, 4.69) is 19.2 Å². The number of hydrogen-bond acceptors (Lipinski definition) is 3. The molecule has 0 unspecified atom stereocenters. The molecule has 1 aliphatic carbocycles. The molecule has 0 spiro atoms. The second kappa shape index (κ2) is 8.08. The second-order valence-electron chi connectivity index (χ2n) is 10.3. The van der Waals surface area contributed by atoms with Crippen molar-refractivity contribution in [2.24, 2.45) is 11.8 Å². The fraction of sp³-hybridized carbons (Fsp3) is 0.481. The molecule has 5 rings (SSSR count). The Labute approximate surface area is 194 Å². The van der Waals surface area contributed by atoms with Crippen LogP contribution in [0.15, 0.2) is 47.1 Å². The van der Waals surface area contributed by atoms with Gasteiger partial charge in [-0.05, 0) is 37.7 Å².